The highest BCUT2D eigenvalue weighted by atomic mass is 32.1. The number of nitrogens with zero attached hydrogens (tertiary/aromatic N) is 1. The zero-order chi connectivity index (χ0) is 10.1. The number of hydrogen-bond acceptors (Lipinski definition) is 3. The van der Waals surface area contributed by atoms with Gasteiger partial charge in [-0.25, -0.2) is 0 Å². The molecule has 0 saturated carbocycles. The van der Waals surface area contributed by atoms with Crippen molar-refractivity contribution in [2.24, 2.45) is 0 Å². The Morgan fingerprint density at radius 3 is 2.79 bits per heavy atom. The van der Waals surface area contributed by atoms with Crippen LogP contribution in [0.2, 0.25) is 0 Å². The van der Waals surface area contributed by atoms with Gasteiger partial charge in [-0.1, -0.05) is 12.1 Å². The molecule has 0 unspecified atom stereocenters. The van der Waals surface area contributed by atoms with E-state index in [-0.39, 0.29) is 5.88 Å². The first-order valence-corrected chi connectivity index (χ1v) is 5.44. The Morgan fingerprint density at radius 2 is 2.21 bits per heavy atom. The van der Waals surface area contributed by atoms with E-state index in [2.05, 4.69) is 0 Å². The molecule has 2 rings (SSSR count). The molecule has 0 radical (unpaired) electrons. The summed E-state index contributed by atoms with van der Waals surface area (Å²) in [5.41, 5.74) is 2.06. The number of hydrogen-bond donors (Lipinski definition) is 1. The number of rotatable bonds is 1. The molecular weight excluding hydrogens is 214 g/mol. The fourth-order valence-corrected chi connectivity index (χ4v) is 2.27. The third-order valence-corrected chi connectivity index (χ3v) is 3.12. The van der Waals surface area contributed by atoms with Crippen LogP contribution in [-0.2, 0) is 0 Å². The highest BCUT2D eigenvalue weighted by molar-refractivity contribution is 7.73. The number of aromatic nitrogens is 1. The van der Waals surface area contributed by atoms with Crippen LogP contribution < -0.4 is 0 Å². The summed E-state index contributed by atoms with van der Waals surface area (Å²) in [5.74, 6) is 0.200. The van der Waals surface area contributed by atoms with E-state index < -0.39 is 0 Å². The molecule has 0 saturated heterocycles. The molecule has 0 aliphatic heterocycles. The van der Waals surface area contributed by atoms with Gasteiger partial charge < -0.3 is 5.11 Å². The zero-order valence-electron chi connectivity index (χ0n) is 7.60. The molecule has 0 fully saturated rings. The van der Waals surface area contributed by atoms with Gasteiger partial charge in [0.15, 0.2) is 3.95 Å². The van der Waals surface area contributed by atoms with Gasteiger partial charge in [0.2, 0.25) is 5.88 Å². The largest absolute Gasteiger partial charge is 0.494 e. The standard InChI is InChI=1S/C10H9NOS2/c1-7-3-2-4-8(5-7)11-9(12)6-14-10(11)13/h2-6,12H,1H3. The Balaban J connectivity index is 2.66. The second-order valence-electron chi connectivity index (χ2n) is 3.03. The Kier molecular flexibility index (Phi) is 2.39. The van der Waals surface area contributed by atoms with Gasteiger partial charge in [0, 0.05) is 0 Å². The van der Waals surface area contributed by atoms with Crippen LogP contribution in [0.15, 0.2) is 29.6 Å². The molecule has 2 aromatic rings. The second-order valence-corrected chi connectivity index (χ2v) is 4.54. The number of aryl methyl sites for hydroxylation is 1. The minimum absolute atomic E-state index is 0.200. The van der Waals surface area contributed by atoms with Crippen molar-refractivity contribution in [2.45, 2.75) is 6.92 Å². The molecule has 4 heteroatoms. The minimum atomic E-state index is 0.200. The van der Waals surface area contributed by atoms with Gasteiger partial charge in [-0.15, -0.1) is 11.3 Å². The third-order valence-electron chi connectivity index (χ3n) is 1.94. The lowest BCUT2D eigenvalue weighted by molar-refractivity contribution is 0.442. The summed E-state index contributed by atoms with van der Waals surface area (Å²) in [4.78, 5) is 0. The molecule has 2 nitrogen and oxygen atoms in total. The fourth-order valence-electron chi connectivity index (χ4n) is 1.31. The van der Waals surface area contributed by atoms with E-state index in [0.717, 1.165) is 11.3 Å². The first-order valence-electron chi connectivity index (χ1n) is 4.15. The molecule has 1 aromatic heterocycles. The Bertz CT molecular complexity index is 513. The van der Waals surface area contributed by atoms with E-state index in [4.69, 9.17) is 12.2 Å². The van der Waals surface area contributed by atoms with Gasteiger partial charge in [0.1, 0.15) is 0 Å². The zero-order valence-corrected chi connectivity index (χ0v) is 9.23. The fraction of sp³-hybridized carbons (Fsp3) is 0.100. The predicted molar refractivity (Wildman–Crippen MR) is 60.9 cm³/mol. The maximum Gasteiger partial charge on any atom is 0.207 e. The first-order chi connectivity index (χ1) is 6.68. The van der Waals surface area contributed by atoms with Gasteiger partial charge in [0.25, 0.3) is 0 Å². The maximum atomic E-state index is 9.58. The van der Waals surface area contributed by atoms with E-state index >= 15 is 0 Å². The average Bonchev–Trinajstić information content (AvgIpc) is 2.46. The molecule has 14 heavy (non-hydrogen) atoms. The van der Waals surface area contributed by atoms with Crippen LogP contribution in [-0.4, -0.2) is 9.67 Å². The second kappa shape index (κ2) is 3.55. The van der Waals surface area contributed by atoms with Crippen LogP contribution >= 0.6 is 23.6 Å². The molecule has 72 valence electrons. The average molecular weight is 223 g/mol. The Labute approximate surface area is 91.1 Å². The van der Waals surface area contributed by atoms with Gasteiger partial charge in [0.05, 0.1) is 11.1 Å². The van der Waals surface area contributed by atoms with Crippen molar-refractivity contribution in [1.82, 2.24) is 4.57 Å². The summed E-state index contributed by atoms with van der Waals surface area (Å²) >= 11 is 6.48. The van der Waals surface area contributed by atoms with E-state index in [9.17, 15) is 5.11 Å². The van der Waals surface area contributed by atoms with E-state index in [1.54, 1.807) is 9.95 Å². The lowest BCUT2D eigenvalue weighted by atomic mass is 10.2. The predicted octanol–water partition coefficient (Wildman–Crippen LogP) is 3.28. The van der Waals surface area contributed by atoms with Crippen LogP contribution in [0.1, 0.15) is 5.56 Å². The maximum absolute atomic E-state index is 9.58. The molecule has 0 aliphatic carbocycles. The van der Waals surface area contributed by atoms with Crippen LogP contribution in [0.25, 0.3) is 5.69 Å². The Morgan fingerprint density at radius 1 is 1.43 bits per heavy atom. The van der Waals surface area contributed by atoms with Crippen molar-refractivity contribution in [1.29, 1.82) is 0 Å². The number of aromatic hydroxyl groups is 1. The highest BCUT2D eigenvalue weighted by Crippen LogP contribution is 2.23. The molecule has 1 aromatic carbocycles. The summed E-state index contributed by atoms with van der Waals surface area (Å²) in [6.07, 6.45) is 0. The smallest absolute Gasteiger partial charge is 0.207 e. The SMILES string of the molecule is Cc1cccc(-n2c(O)csc2=S)c1. The van der Waals surface area contributed by atoms with Crippen molar-refractivity contribution in [3.8, 4) is 11.6 Å². The van der Waals surface area contributed by atoms with E-state index in [0.29, 0.717) is 3.95 Å². The van der Waals surface area contributed by atoms with Gasteiger partial charge >= 0.3 is 0 Å². The van der Waals surface area contributed by atoms with E-state index in [1.807, 2.05) is 31.2 Å². The lowest BCUT2D eigenvalue weighted by Gasteiger charge is -2.04. The summed E-state index contributed by atoms with van der Waals surface area (Å²) < 4.78 is 2.32. The minimum Gasteiger partial charge on any atom is -0.494 e. The molecule has 1 heterocycles. The van der Waals surface area contributed by atoms with Crippen molar-refractivity contribution in [2.75, 3.05) is 0 Å². The molecular formula is C10H9NOS2. The summed E-state index contributed by atoms with van der Waals surface area (Å²) in [6.45, 7) is 2.01. The first kappa shape index (κ1) is 9.43. The number of thiazole rings is 1. The van der Waals surface area contributed by atoms with Gasteiger partial charge in [-0.05, 0) is 36.8 Å². The monoisotopic (exact) mass is 223 g/mol. The van der Waals surface area contributed by atoms with Crippen LogP contribution in [0.5, 0.6) is 5.88 Å². The van der Waals surface area contributed by atoms with Crippen LogP contribution in [0.4, 0.5) is 0 Å². The lowest BCUT2D eigenvalue weighted by Crippen LogP contribution is -1.92. The molecule has 0 bridgehead atoms. The molecule has 0 amide bonds. The van der Waals surface area contributed by atoms with Crippen LogP contribution in [0.3, 0.4) is 0 Å². The van der Waals surface area contributed by atoms with Gasteiger partial charge in [-0.3, -0.25) is 4.57 Å². The third kappa shape index (κ3) is 1.58. The molecule has 1 N–H and O–H groups in total. The molecule has 0 aliphatic rings. The Hall–Kier alpha value is -1.13. The van der Waals surface area contributed by atoms with Crippen LogP contribution in [0, 0.1) is 10.9 Å². The summed E-state index contributed by atoms with van der Waals surface area (Å²) in [5, 5.41) is 11.2. The van der Waals surface area contributed by atoms with Crippen molar-refractivity contribution >= 4 is 23.6 Å². The topological polar surface area (TPSA) is 25.2 Å². The highest BCUT2D eigenvalue weighted by Gasteiger charge is 2.04. The van der Waals surface area contributed by atoms with Gasteiger partial charge in [-0.2, -0.15) is 0 Å². The van der Waals surface area contributed by atoms with Crippen molar-refractivity contribution in [3.05, 3.63) is 39.2 Å². The van der Waals surface area contributed by atoms with Crippen molar-refractivity contribution in [3.63, 3.8) is 0 Å². The molecule has 0 spiro atoms. The quantitative estimate of drug-likeness (QED) is 0.750. The summed E-state index contributed by atoms with van der Waals surface area (Å²) in [6, 6.07) is 7.87. The normalized spacial score (nSPS) is 10.4. The van der Waals surface area contributed by atoms with Crippen molar-refractivity contribution < 1.29 is 5.11 Å². The van der Waals surface area contributed by atoms with E-state index in [1.165, 1.54) is 11.3 Å². The summed E-state index contributed by atoms with van der Waals surface area (Å²) in [7, 11) is 0. The molecule has 0 atom stereocenters. The number of benzene rings is 1.